The number of ether oxygens (including phenoxy) is 2. The number of carbonyl (C=O) groups excluding carboxylic acids is 2. The van der Waals surface area contributed by atoms with E-state index in [0.717, 1.165) is 6.42 Å². The molecule has 1 saturated carbocycles. The summed E-state index contributed by atoms with van der Waals surface area (Å²) < 4.78 is 9.45. The van der Waals surface area contributed by atoms with Gasteiger partial charge >= 0.3 is 11.9 Å². The number of esters is 2. The number of rotatable bonds is 4. The lowest BCUT2D eigenvalue weighted by molar-refractivity contribution is -0.146. The van der Waals surface area contributed by atoms with E-state index in [9.17, 15) is 9.59 Å². The molecule has 74 valence electrons. The maximum absolute atomic E-state index is 10.9. The Labute approximate surface area is 77.2 Å². The first-order valence-electron chi connectivity index (χ1n) is 4.42. The molecule has 0 aromatic heterocycles. The second kappa shape index (κ2) is 4.25. The van der Waals surface area contributed by atoms with E-state index in [2.05, 4.69) is 4.74 Å². The van der Waals surface area contributed by atoms with Crippen LogP contribution in [0.1, 0.15) is 19.8 Å². The Morgan fingerprint density at radius 2 is 2.15 bits per heavy atom. The molecule has 1 fully saturated rings. The quantitative estimate of drug-likeness (QED) is 0.608. The molecule has 1 aliphatic rings. The van der Waals surface area contributed by atoms with E-state index < -0.39 is 0 Å². The second-order valence-electron chi connectivity index (χ2n) is 3.16. The largest absolute Gasteiger partial charge is 0.469 e. The summed E-state index contributed by atoms with van der Waals surface area (Å²) >= 11 is 0. The highest BCUT2D eigenvalue weighted by atomic mass is 16.5. The van der Waals surface area contributed by atoms with Crippen LogP contribution in [0.15, 0.2) is 0 Å². The van der Waals surface area contributed by atoms with Crippen molar-refractivity contribution < 1.29 is 19.1 Å². The average Bonchev–Trinajstić information content (AvgIpc) is 2.92. The van der Waals surface area contributed by atoms with Gasteiger partial charge in [-0.15, -0.1) is 0 Å². The Bertz CT molecular complexity index is 212. The predicted octanol–water partition coefficient (Wildman–Crippen LogP) is 0.749. The molecule has 0 amide bonds. The van der Waals surface area contributed by atoms with Crippen LogP contribution in [0.25, 0.3) is 0 Å². The minimum absolute atomic E-state index is 0.0466. The van der Waals surface area contributed by atoms with E-state index in [1.807, 2.05) is 0 Å². The number of hydrogen-bond donors (Lipinski definition) is 0. The van der Waals surface area contributed by atoms with Crippen molar-refractivity contribution in [1.29, 1.82) is 0 Å². The van der Waals surface area contributed by atoms with Crippen LogP contribution in [-0.2, 0) is 19.1 Å². The molecule has 0 aliphatic heterocycles. The normalized spacial score (nSPS) is 25.1. The highest BCUT2D eigenvalue weighted by Crippen LogP contribution is 2.39. The molecular weight excluding hydrogens is 172 g/mol. The monoisotopic (exact) mass is 186 g/mol. The molecule has 0 aromatic rings. The van der Waals surface area contributed by atoms with E-state index in [0.29, 0.717) is 13.0 Å². The van der Waals surface area contributed by atoms with Crippen LogP contribution in [0.3, 0.4) is 0 Å². The van der Waals surface area contributed by atoms with E-state index in [1.54, 1.807) is 6.92 Å². The van der Waals surface area contributed by atoms with Gasteiger partial charge in [0, 0.05) is 12.3 Å². The van der Waals surface area contributed by atoms with Gasteiger partial charge in [0.25, 0.3) is 0 Å². The van der Waals surface area contributed by atoms with Gasteiger partial charge in [0.2, 0.25) is 0 Å². The summed E-state index contributed by atoms with van der Waals surface area (Å²) in [5, 5.41) is 0. The Balaban J connectivity index is 2.14. The van der Waals surface area contributed by atoms with E-state index >= 15 is 0 Å². The summed E-state index contributed by atoms with van der Waals surface area (Å²) in [5.41, 5.74) is 0. The lowest BCUT2D eigenvalue weighted by Crippen LogP contribution is -2.10. The molecule has 13 heavy (non-hydrogen) atoms. The molecule has 4 heteroatoms. The Morgan fingerprint density at radius 1 is 1.46 bits per heavy atom. The van der Waals surface area contributed by atoms with Crippen molar-refractivity contribution in [2.45, 2.75) is 19.8 Å². The molecule has 0 heterocycles. The van der Waals surface area contributed by atoms with E-state index in [4.69, 9.17) is 4.74 Å². The molecule has 0 N–H and O–H groups in total. The van der Waals surface area contributed by atoms with Crippen molar-refractivity contribution in [3.8, 4) is 0 Å². The summed E-state index contributed by atoms with van der Waals surface area (Å²) in [6.45, 7) is 2.10. The lowest BCUT2D eigenvalue weighted by atomic mass is 10.3. The first-order valence-corrected chi connectivity index (χ1v) is 4.42. The van der Waals surface area contributed by atoms with Gasteiger partial charge < -0.3 is 9.47 Å². The van der Waals surface area contributed by atoms with Crippen LogP contribution in [-0.4, -0.2) is 25.7 Å². The number of carbonyl (C=O) groups is 2. The first kappa shape index (κ1) is 10.0. The Morgan fingerprint density at radius 3 is 2.69 bits per heavy atom. The van der Waals surface area contributed by atoms with E-state index in [-0.39, 0.29) is 23.8 Å². The minimum atomic E-state index is -0.212. The first-order chi connectivity index (χ1) is 6.19. The average molecular weight is 186 g/mol. The highest BCUT2D eigenvalue weighted by molar-refractivity contribution is 5.75. The van der Waals surface area contributed by atoms with Gasteiger partial charge in [0.15, 0.2) is 0 Å². The van der Waals surface area contributed by atoms with Crippen molar-refractivity contribution >= 4 is 11.9 Å². The van der Waals surface area contributed by atoms with Gasteiger partial charge in [0.05, 0.1) is 19.6 Å². The van der Waals surface area contributed by atoms with Crippen molar-refractivity contribution in [1.82, 2.24) is 0 Å². The molecular formula is C9H14O4. The number of hydrogen-bond acceptors (Lipinski definition) is 4. The third-order valence-corrected chi connectivity index (χ3v) is 2.17. The van der Waals surface area contributed by atoms with Gasteiger partial charge in [-0.05, 0) is 6.42 Å². The molecule has 0 aromatic carbocycles. The minimum Gasteiger partial charge on any atom is -0.469 e. The maximum Gasteiger partial charge on any atom is 0.309 e. The molecule has 2 atom stereocenters. The van der Waals surface area contributed by atoms with Crippen LogP contribution in [0, 0.1) is 11.8 Å². The van der Waals surface area contributed by atoms with Gasteiger partial charge in [0.1, 0.15) is 0 Å². The number of methoxy groups -OCH3 is 1. The zero-order chi connectivity index (χ0) is 9.84. The standard InChI is InChI=1S/C9H14O4/c1-3-8(10)13-5-6-4-7(6)9(11)12-2/h6-7H,3-5H2,1-2H3. The van der Waals surface area contributed by atoms with E-state index in [1.165, 1.54) is 7.11 Å². The van der Waals surface area contributed by atoms with Crippen LogP contribution in [0.4, 0.5) is 0 Å². The molecule has 0 bridgehead atoms. The SMILES string of the molecule is CCC(=O)OCC1CC1C(=O)OC. The molecule has 0 spiro atoms. The Kier molecular flexibility index (Phi) is 3.28. The van der Waals surface area contributed by atoms with Crippen LogP contribution in [0.2, 0.25) is 0 Å². The third kappa shape index (κ3) is 2.72. The van der Waals surface area contributed by atoms with Crippen LogP contribution >= 0.6 is 0 Å². The second-order valence-corrected chi connectivity index (χ2v) is 3.16. The highest BCUT2D eigenvalue weighted by Gasteiger charge is 2.44. The topological polar surface area (TPSA) is 52.6 Å². The molecule has 1 aliphatic carbocycles. The summed E-state index contributed by atoms with van der Waals surface area (Å²) in [6, 6.07) is 0. The zero-order valence-electron chi connectivity index (χ0n) is 7.91. The van der Waals surface area contributed by atoms with Gasteiger partial charge in [-0.2, -0.15) is 0 Å². The molecule has 0 radical (unpaired) electrons. The van der Waals surface area contributed by atoms with Crippen LogP contribution < -0.4 is 0 Å². The molecule has 1 rings (SSSR count). The zero-order valence-corrected chi connectivity index (χ0v) is 7.91. The van der Waals surface area contributed by atoms with Gasteiger partial charge in [-0.1, -0.05) is 6.92 Å². The fourth-order valence-corrected chi connectivity index (χ4v) is 1.17. The van der Waals surface area contributed by atoms with Crippen molar-refractivity contribution in [2.75, 3.05) is 13.7 Å². The third-order valence-electron chi connectivity index (χ3n) is 2.17. The smallest absolute Gasteiger partial charge is 0.309 e. The fraction of sp³-hybridized carbons (Fsp3) is 0.778. The van der Waals surface area contributed by atoms with Crippen LogP contribution in [0.5, 0.6) is 0 Å². The van der Waals surface area contributed by atoms with Crippen molar-refractivity contribution in [3.05, 3.63) is 0 Å². The molecule has 0 saturated heterocycles. The lowest BCUT2D eigenvalue weighted by Gasteiger charge is -2.01. The molecule has 2 unspecified atom stereocenters. The summed E-state index contributed by atoms with van der Waals surface area (Å²) in [5.74, 6) is -0.273. The summed E-state index contributed by atoms with van der Waals surface area (Å²) in [6.07, 6.45) is 1.17. The van der Waals surface area contributed by atoms with Gasteiger partial charge in [-0.3, -0.25) is 9.59 Å². The molecule has 4 nitrogen and oxygen atoms in total. The Hall–Kier alpha value is -1.06. The fourth-order valence-electron chi connectivity index (χ4n) is 1.17. The predicted molar refractivity (Wildman–Crippen MR) is 44.9 cm³/mol. The van der Waals surface area contributed by atoms with Crippen molar-refractivity contribution in [2.24, 2.45) is 11.8 Å². The maximum atomic E-state index is 10.9. The van der Waals surface area contributed by atoms with Gasteiger partial charge in [-0.25, -0.2) is 0 Å². The van der Waals surface area contributed by atoms with Crippen molar-refractivity contribution in [3.63, 3.8) is 0 Å². The summed E-state index contributed by atoms with van der Waals surface area (Å²) in [4.78, 5) is 21.7. The summed E-state index contributed by atoms with van der Waals surface area (Å²) in [7, 11) is 1.37.